The van der Waals surface area contributed by atoms with Crippen LogP contribution in [0.25, 0.3) is 6.08 Å². The van der Waals surface area contributed by atoms with Crippen molar-refractivity contribution in [3.05, 3.63) is 162 Å². The second-order valence-corrected chi connectivity index (χ2v) is 11.1. The molecule has 1 aromatic heterocycles. The van der Waals surface area contributed by atoms with Gasteiger partial charge in [-0.25, -0.2) is 0 Å². The highest BCUT2D eigenvalue weighted by molar-refractivity contribution is 8.00. The zero-order valence-electron chi connectivity index (χ0n) is 23.9. The molecule has 0 aliphatic heterocycles. The van der Waals surface area contributed by atoms with Crippen molar-refractivity contribution in [3.8, 4) is 0 Å². The van der Waals surface area contributed by atoms with Crippen LogP contribution in [-0.2, 0) is 9.59 Å². The predicted molar refractivity (Wildman–Crippen MR) is 176 cm³/mol. The molecule has 8 heteroatoms. The number of pyridine rings is 1. The normalized spacial score (nSPS) is 11.7. The van der Waals surface area contributed by atoms with Gasteiger partial charge < -0.3 is 16.0 Å². The van der Waals surface area contributed by atoms with Crippen molar-refractivity contribution >= 4 is 46.9 Å². The highest BCUT2D eigenvalue weighted by atomic mass is 32.2. The Morgan fingerprint density at radius 3 is 2.16 bits per heavy atom. The Labute approximate surface area is 260 Å². The first kappa shape index (κ1) is 30.0. The molecule has 3 N–H and O–H groups in total. The van der Waals surface area contributed by atoms with Gasteiger partial charge in [-0.2, -0.15) is 0 Å². The monoisotopic (exact) mass is 598 g/mol. The highest BCUT2D eigenvalue weighted by Gasteiger charge is 2.23. The number of amides is 3. The Morgan fingerprint density at radius 1 is 0.727 bits per heavy atom. The third kappa shape index (κ3) is 8.30. The third-order valence-electron chi connectivity index (χ3n) is 6.52. The molecule has 218 valence electrons. The molecule has 44 heavy (non-hydrogen) atoms. The Morgan fingerprint density at radius 2 is 1.43 bits per heavy atom. The average Bonchev–Trinajstić information content (AvgIpc) is 3.05. The molecular formula is C36H30N4O3S. The number of aromatic nitrogens is 1. The lowest BCUT2D eigenvalue weighted by molar-refractivity contribution is -0.116. The second kappa shape index (κ2) is 14.6. The van der Waals surface area contributed by atoms with E-state index in [-0.39, 0.29) is 11.6 Å². The number of rotatable bonds is 10. The molecule has 0 spiro atoms. The summed E-state index contributed by atoms with van der Waals surface area (Å²) >= 11 is 1.37. The van der Waals surface area contributed by atoms with Crippen molar-refractivity contribution in [2.75, 3.05) is 10.6 Å². The maximum atomic E-state index is 13.6. The van der Waals surface area contributed by atoms with Crippen LogP contribution < -0.4 is 16.0 Å². The van der Waals surface area contributed by atoms with Crippen LogP contribution in [0.15, 0.2) is 144 Å². The van der Waals surface area contributed by atoms with E-state index in [0.717, 1.165) is 21.6 Å². The summed E-state index contributed by atoms with van der Waals surface area (Å²) in [5, 5.41) is 8.09. The Kier molecular flexibility index (Phi) is 9.97. The largest absolute Gasteiger partial charge is 0.325 e. The van der Waals surface area contributed by atoms with Crippen molar-refractivity contribution in [3.63, 3.8) is 0 Å². The van der Waals surface area contributed by atoms with Crippen LogP contribution in [0, 0.1) is 6.92 Å². The molecule has 0 saturated heterocycles. The fraction of sp³-hybridized carbons (Fsp3) is 0.0556. The quantitative estimate of drug-likeness (QED) is 0.116. The zero-order valence-corrected chi connectivity index (χ0v) is 24.8. The Balaban J connectivity index is 1.37. The molecule has 1 heterocycles. The van der Waals surface area contributed by atoms with E-state index in [1.165, 1.54) is 11.8 Å². The summed E-state index contributed by atoms with van der Waals surface area (Å²) in [7, 11) is 0. The van der Waals surface area contributed by atoms with E-state index in [2.05, 4.69) is 20.9 Å². The van der Waals surface area contributed by atoms with Gasteiger partial charge in [0.2, 0.25) is 5.91 Å². The summed E-state index contributed by atoms with van der Waals surface area (Å²) in [6.07, 6.45) is 4.89. The number of hydrogen-bond donors (Lipinski definition) is 3. The molecule has 0 saturated carbocycles. The fourth-order valence-electron chi connectivity index (χ4n) is 4.39. The predicted octanol–water partition coefficient (Wildman–Crippen LogP) is 7.27. The molecule has 3 amide bonds. The van der Waals surface area contributed by atoms with E-state index in [9.17, 15) is 14.4 Å². The number of carbonyl (C=O) groups excluding carboxylic acids is 3. The van der Waals surface area contributed by atoms with E-state index >= 15 is 0 Å². The molecule has 0 aliphatic rings. The number of anilines is 2. The summed E-state index contributed by atoms with van der Waals surface area (Å²) in [6.45, 7) is 1.96. The van der Waals surface area contributed by atoms with E-state index < -0.39 is 17.1 Å². The smallest absolute Gasteiger partial charge is 0.272 e. The fourth-order valence-corrected chi connectivity index (χ4v) is 5.48. The molecular weight excluding hydrogens is 568 g/mol. The first-order valence-corrected chi connectivity index (χ1v) is 14.8. The van der Waals surface area contributed by atoms with E-state index in [1.807, 2.05) is 85.8 Å². The SMILES string of the molecule is Cc1cccc(/C=C(/NC(=O)c2ccccc2)C(=O)Nc2cccc(SC(C(=O)Nc3ccncc3)c3ccccc3)c2)c1. The van der Waals surface area contributed by atoms with Crippen molar-refractivity contribution in [1.29, 1.82) is 0 Å². The molecule has 5 rings (SSSR count). The number of thioether (sulfide) groups is 1. The van der Waals surface area contributed by atoms with E-state index in [1.54, 1.807) is 60.9 Å². The van der Waals surface area contributed by atoms with Crippen molar-refractivity contribution in [1.82, 2.24) is 10.3 Å². The zero-order chi connectivity index (χ0) is 30.7. The lowest BCUT2D eigenvalue weighted by Crippen LogP contribution is -2.30. The minimum Gasteiger partial charge on any atom is -0.325 e. The van der Waals surface area contributed by atoms with Gasteiger partial charge in [-0.1, -0.05) is 84.4 Å². The first-order valence-electron chi connectivity index (χ1n) is 13.9. The Bertz CT molecular complexity index is 1780. The summed E-state index contributed by atoms with van der Waals surface area (Å²) in [5.41, 5.74) is 4.35. The van der Waals surface area contributed by atoms with Crippen LogP contribution in [0.1, 0.15) is 32.3 Å². The number of nitrogens with zero attached hydrogens (tertiary/aromatic N) is 1. The lowest BCUT2D eigenvalue weighted by Gasteiger charge is -2.18. The summed E-state index contributed by atoms with van der Waals surface area (Å²) < 4.78 is 0. The number of benzene rings is 4. The molecule has 7 nitrogen and oxygen atoms in total. The van der Waals surface area contributed by atoms with Gasteiger partial charge in [-0.3, -0.25) is 19.4 Å². The summed E-state index contributed by atoms with van der Waals surface area (Å²) in [5.74, 6) is -1.06. The highest BCUT2D eigenvalue weighted by Crippen LogP contribution is 2.37. The maximum absolute atomic E-state index is 13.6. The van der Waals surface area contributed by atoms with Crippen LogP contribution in [0.2, 0.25) is 0 Å². The van der Waals surface area contributed by atoms with Crippen molar-refractivity contribution in [2.45, 2.75) is 17.1 Å². The lowest BCUT2D eigenvalue weighted by atomic mass is 10.1. The molecule has 0 bridgehead atoms. The minimum absolute atomic E-state index is 0.0985. The van der Waals surface area contributed by atoms with Crippen LogP contribution in [0.5, 0.6) is 0 Å². The molecule has 5 aromatic rings. The number of carbonyl (C=O) groups is 3. The van der Waals surface area contributed by atoms with Crippen molar-refractivity contribution < 1.29 is 14.4 Å². The second-order valence-electron chi connectivity index (χ2n) is 9.91. The molecule has 1 atom stereocenters. The maximum Gasteiger partial charge on any atom is 0.272 e. The average molecular weight is 599 g/mol. The topological polar surface area (TPSA) is 100 Å². The van der Waals surface area contributed by atoms with Gasteiger partial charge in [0, 0.05) is 34.2 Å². The van der Waals surface area contributed by atoms with E-state index in [4.69, 9.17) is 0 Å². The van der Waals surface area contributed by atoms with Crippen LogP contribution in [0.3, 0.4) is 0 Å². The molecule has 4 aromatic carbocycles. The van der Waals surface area contributed by atoms with Crippen LogP contribution in [-0.4, -0.2) is 22.7 Å². The summed E-state index contributed by atoms with van der Waals surface area (Å²) in [6, 6.07) is 36.6. The number of hydrogen-bond acceptors (Lipinski definition) is 5. The standard InChI is InChI=1S/C36H30N4O3S/c1-25-10-8-11-26(22-25)23-32(40-34(41)28-14-6-3-7-15-28)35(42)39-30-16-9-17-31(24-30)44-33(27-12-4-2-5-13-27)36(43)38-29-18-20-37-21-19-29/h2-24,33H,1H3,(H,39,42)(H,40,41)(H,37,38,43)/b32-23+. The van der Waals surface area contributed by atoms with Gasteiger partial charge >= 0.3 is 0 Å². The summed E-state index contributed by atoms with van der Waals surface area (Å²) in [4.78, 5) is 44.8. The van der Waals surface area contributed by atoms with Gasteiger partial charge in [0.1, 0.15) is 10.9 Å². The molecule has 0 fully saturated rings. The Hall–Kier alpha value is -5.47. The third-order valence-corrected chi connectivity index (χ3v) is 7.76. The van der Waals surface area contributed by atoms with E-state index in [0.29, 0.717) is 16.9 Å². The van der Waals surface area contributed by atoms with Crippen LogP contribution >= 0.6 is 11.8 Å². The van der Waals surface area contributed by atoms with Gasteiger partial charge in [-0.05, 0) is 66.6 Å². The van der Waals surface area contributed by atoms with Gasteiger partial charge in [-0.15, -0.1) is 11.8 Å². The minimum atomic E-state index is -0.558. The van der Waals surface area contributed by atoms with Gasteiger partial charge in [0.05, 0.1) is 0 Å². The van der Waals surface area contributed by atoms with Crippen molar-refractivity contribution in [2.24, 2.45) is 0 Å². The molecule has 0 aliphatic carbocycles. The van der Waals surface area contributed by atoms with Gasteiger partial charge in [0.25, 0.3) is 11.8 Å². The van der Waals surface area contributed by atoms with Gasteiger partial charge in [0.15, 0.2) is 0 Å². The first-order chi connectivity index (χ1) is 21.4. The van der Waals surface area contributed by atoms with Crippen LogP contribution in [0.4, 0.5) is 11.4 Å². The number of aryl methyl sites for hydroxylation is 1. The molecule has 0 radical (unpaired) electrons. The molecule has 1 unspecified atom stereocenters. The number of nitrogens with one attached hydrogen (secondary N) is 3.